The van der Waals surface area contributed by atoms with Crippen molar-refractivity contribution in [2.24, 2.45) is 0 Å². The van der Waals surface area contributed by atoms with Crippen molar-refractivity contribution in [2.45, 2.75) is 38.9 Å². The van der Waals surface area contributed by atoms with Gasteiger partial charge in [-0.15, -0.1) is 6.58 Å². The molecule has 0 aliphatic heterocycles. The fraction of sp³-hybridized carbons (Fsp3) is 0.462. The molecule has 6 heteroatoms. The summed E-state index contributed by atoms with van der Waals surface area (Å²) >= 11 is 0. The van der Waals surface area contributed by atoms with Crippen LogP contribution in [0.2, 0.25) is 0 Å². The van der Waals surface area contributed by atoms with Crippen LogP contribution >= 0.6 is 0 Å². The summed E-state index contributed by atoms with van der Waals surface area (Å²) in [6.45, 7) is 11.9. The van der Waals surface area contributed by atoms with Crippen molar-refractivity contribution < 1.29 is 45.1 Å². The Hall–Kier alpha value is -1.49. The minimum Gasteiger partial charge on any atom is -0.491 e. The molecule has 0 saturated heterocycles. The number of aliphatic hydroxyl groups excluding tert-OH is 1. The van der Waals surface area contributed by atoms with Crippen molar-refractivity contribution in [2.75, 3.05) is 39.6 Å². The molecule has 2 atom stereocenters. The summed E-state index contributed by atoms with van der Waals surface area (Å²) < 4.78 is 22.3. The standard InChI is InChI=1S/C17H26O5.C9H12.W/c1-3-10-19-13-17(21-12-15(2)20-11-9-18)14-22-16-7-5-4-6-8-16;1-8(2)9-6-4-3-5-7-9;/h3-8,15,17-18H,1,9-14H2,2H3;3-8H,1-2H3;. The number of hydrogen-bond acceptors (Lipinski definition) is 5. The van der Waals surface area contributed by atoms with Crippen LogP contribution < -0.4 is 4.74 Å². The van der Waals surface area contributed by atoms with Crippen molar-refractivity contribution >= 4 is 0 Å². The van der Waals surface area contributed by atoms with Gasteiger partial charge in [0.2, 0.25) is 0 Å². The Morgan fingerprint density at radius 1 is 0.875 bits per heavy atom. The van der Waals surface area contributed by atoms with Gasteiger partial charge in [0.15, 0.2) is 0 Å². The molecule has 0 saturated carbocycles. The molecule has 0 amide bonds. The molecule has 2 unspecified atom stereocenters. The first-order valence-electron chi connectivity index (χ1n) is 10.8. The molecular formula is C26H38O5W. The molecule has 2 aromatic carbocycles. The molecule has 0 bridgehead atoms. The van der Waals surface area contributed by atoms with Gasteiger partial charge in [-0.05, 0) is 30.5 Å². The molecular weight excluding hydrogens is 576 g/mol. The monoisotopic (exact) mass is 614 g/mol. The van der Waals surface area contributed by atoms with E-state index in [-0.39, 0.29) is 39.9 Å². The SMILES string of the molecule is C=CCOCC(COc1ccccc1)OCC(C)OCCO.CC(C)c1ccccc1.[W]. The second-order valence-corrected chi connectivity index (χ2v) is 7.38. The van der Waals surface area contributed by atoms with Gasteiger partial charge in [-0.1, -0.05) is 68.5 Å². The van der Waals surface area contributed by atoms with Crippen molar-refractivity contribution in [3.05, 3.63) is 78.9 Å². The summed E-state index contributed by atoms with van der Waals surface area (Å²) in [6, 6.07) is 20.1. The molecule has 0 heterocycles. The van der Waals surface area contributed by atoms with Gasteiger partial charge in [0.1, 0.15) is 18.5 Å². The molecule has 0 spiro atoms. The third-order valence-corrected chi connectivity index (χ3v) is 4.25. The smallest absolute Gasteiger partial charge is 0.119 e. The van der Waals surface area contributed by atoms with E-state index in [0.29, 0.717) is 39.0 Å². The second-order valence-electron chi connectivity index (χ2n) is 7.38. The molecule has 1 N–H and O–H groups in total. The Labute approximate surface area is 208 Å². The summed E-state index contributed by atoms with van der Waals surface area (Å²) in [5.74, 6) is 1.45. The molecule has 0 aliphatic carbocycles. The molecule has 0 aliphatic rings. The Bertz CT molecular complexity index is 666. The molecule has 32 heavy (non-hydrogen) atoms. The molecule has 178 valence electrons. The zero-order valence-corrected chi connectivity index (χ0v) is 22.5. The third kappa shape index (κ3) is 15.3. The Morgan fingerprint density at radius 2 is 1.50 bits per heavy atom. The fourth-order valence-electron chi connectivity index (χ4n) is 2.54. The van der Waals surface area contributed by atoms with E-state index in [2.05, 4.69) is 44.7 Å². The Kier molecular flexibility index (Phi) is 19.2. The summed E-state index contributed by atoms with van der Waals surface area (Å²) in [4.78, 5) is 0. The first-order chi connectivity index (χ1) is 15.1. The van der Waals surface area contributed by atoms with Gasteiger partial charge in [0.25, 0.3) is 0 Å². The van der Waals surface area contributed by atoms with Gasteiger partial charge >= 0.3 is 0 Å². The van der Waals surface area contributed by atoms with Gasteiger partial charge in [-0.25, -0.2) is 0 Å². The van der Waals surface area contributed by atoms with E-state index in [1.807, 2.05) is 43.3 Å². The normalized spacial score (nSPS) is 12.2. The number of para-hydroxylation sites is 1. The number of aliphatic hydroxyl groups is 1. The van der Waals surface area contributed by atoms with E-state index >= 15 is 0 Å². The number of rotatable bonds is 14. The van der Waals surface area contributed by atoms with Crippen LogP contribution in [0.4, 0.5) is 0 Å². The largest absolute Gasteiger partial charge is 0.491 e. The number of benzene rings is 2. The maximum Gasteiger partial charge on any atom is 0.119 e. The van der Waals surface area contributed by atoms with Crippen LogP contribution in [-0.2, 0) is 35.3 Å². The van der Waals surface area contributed by atoms with Crippen LogP contribution in [0.1, 0.15) is 32.3 Å². The summed E-state index contributed by atoms with van der Waals surface area (Å²) in [7, 11) is 0. The molecule has 0 fully saturated rings. The van der Waals surface area contributed by atoms with E-state index in [0.717, 1.165) is 5.75 Å². The zero-order chi connectivity index (χ0) is 22.7. The Balaban J connectivity index is 0.000000803. The summed E-state index contributed by atoms with van der Waals surface area (Å²) in [5.41, 5.74) is 1.41. The van der Waals surface area contributed by atoms with E-state index in [1.54, 1.807) is 6.08 Å². The van der Waals surface area contributed by atoms with Crippen LogP contribution in [0.5, 0.6) is 5.75 Å². The van der Waals surface area contributed by atoms with Gasteiger partial charge in [0.05, 0.1) is 39.1 Å². The summed E-state index contributed by atoms with van der Waals surface area (Å²) in [6.07, 6.45) is 1.41. The van der Waals surface area contributed by atoms with E-state index in [4.69, 9.17) is 24.1 Å². The quantitative estimate of drug-likeness (QED) is 0.244. The fourth-order valence-corrected chi connectivity index (χ4v) is 2.54. The minimum atomic E-state index is -0.194. The second kappa shape index (κ2) is 20.1. The average molecular weight is 614 g/mol. The van der Waals surface area contributed by atoms with Crippen LogP contribution in [0, 0.1) is 0 Å². The number of hydrogen-bond donors (Lipinski definition) is 1. The average Bonchev–Trinajstić information content (AvgIpc) is 2.80. The predicted octanol–water partition coefficient (Wildman–Crippen LogP) is 4.86. The van der Waals surface area contributed by atoms with Crippen molar-refractivity contribution in [3.8, 4) is 5.75 Å². The van der Waals surface area contributed by atoms with Crippen LogP contribution in [0.15, 0.2) is 73.3 Å². The molecule has 2 aromatic rings. The van der Waals surface area contributed by atoms with Crippen molar-refractivity contribution in [3.63, 3.8) is 0 Å². The maximum absolute atomic E-state index is 8.73. The third-order valence-electron chi connectivity index (χ3n) is 4.25. The molecule has 0 aromatic heterocycles. The first-order valence-corrected chi connectivity index (χ1v) is 10.8. The number of ether oxygens (including phenoxy) is 4. The van der Waals surface area contributed by atoms with Gasteiger partial charge in [0, 0.05) is 21.1 Å². The van der Waals surface area contributed by atoms with Crippen LogP contribution in [-0.4, -0.2) is 57.0 Å². The molecule has 5 nitrogen and oxygen atoms in total. The summed E-state index contributed by atoms with van der Waals surface area (Å²) in [5, 5.41) is 8.73. The van der Waals surface area contributed by atoms with Gasteiger partial charge < -0.3 is 24.1 Å². The van der Waals surface area contributed by atoms with Gasteiger partial charge in [-0.2, -0.15) is 0 Å². The molecule has 2 rings (SSSR count). The van der Waals surface area contributed by atoms with Gasteiger partial charge in [-0.3, -0.25) is 0 Å². The maximum atomic E-state index is 8.73. The van der Waals surface area contributed by atoms with Crippen molar-refractivity contribution in [1.82, 2.24) is 0 Å². The molecule has 0 radical (unpaired) electrons. The van der Waals surface area contributed by atoms with E-state index in [9.17, 15) is 0 Å². The Morgan fingerprint density at radius 3 is 2.03 bits per heavy atom. The minimum absolute atomic E-state index is 0. The zero-order valence-electron chi connectivity index (χ0n) is 19.5. The van der Waals surface area contributed by atoms with Crippen molar-refractivity contribution in [1.29, 1.82) is 0 Å². The first kappa shape index (κ1) is 30.5. The van der Waals surface area contributed by atoms with Crippen LogP contribution in [0.3, 0.4) is 0 Å². The van der Waals surface area contributed by atoms with Crippen LogP contribution in [0.25, 0.3) is 0 Å². The predicted molar refractivity (Wildman–Crippen MR) is 126 cm³/mol. The van der Waals surface area contributed by atoms with E-state index < -0.39 is 0 Å². The van der Waals surface area contributed by atoms with E-state index in [1.165, 1.54) is 5.56 Å². The topological polar surface area (TPSA) is 57.2 Å².